The molecule has 2 rings (SSSR count). The molecule has 1 aliphatic rings. The molecule has 0 spiro atoms. The molecule has 1 fully saturated rings. The number of quaternary nitrogens is 1. The summed E-state index contributed by atoms with van der Waals surface area (Å²) < 4.78 is 27.2. The van der Waals surface area contributed by atoms with Gasteiger partial charge in [-0.15, -0.1) is 0 Å². The van der Waals surface area contributed by atoms with Crippen LogP contribution in [0, 0.1) is 0 Å². The first-order chi connectivity index (χ1) is 13.3. The third-order valence-corrected chi connectivity index (χ3v) is 7.18. The number of hydrogen-bond acceptors (Lipinski definition) is 4. The molecule has 0 saturated carbocycles. The van der Waals surface area contributed by atoms with E-state index in [2.05, 4.69) is 24.5 Å². The summed E-state index contributed by atoms with van der Waals surface area (Å²) in [4.78, 5) is 24.4. The van der Waals surface area contributed by atoms with Crippen molar-refractivity contribution in [2.45, 2.75) is 31.1 Å². The van der Waals surface area contributed by atoms with Crippen LogP contribution >= 0.6 is 0 Å². The summed E-state index contributed by atoms with van der Waals surface area (Å²) in [6.07, 6.45) is 1.01. The van der Waals surface area contributed by atoms with Gasteiger partial charge in [0.25, 0.3) is 5.91 Å². The molecule has 0 unspecified atom stereocenters. The largest absolute Gasteiger partial charge is 0.358 e. The van der Waals surface area contributed by atoms with Gasteiger partial charge in [-0.2, -0.15) is 4.31 Å². The second kappa shape index (κ2) is 9.99. The molecular weight excluding hydrogens is 380 g/mol. The van der Waals surface area contributed by atoms with E-state index in [1.807, 2.05) is 12.1 Å². The Kier molecular flexibility index (Phi) is 7.97. The van der Waals surface area contributed by atoms with Gasteiger partial charge in [-0.1, -0.05) is 26.0 Å². The summed E-state index contributed by atoms with van der Waals surface area (Å²) in [6, 6.07) is 7.14. The van der Waals surface area contributed by atoms with E-state index in [4.69, 9.17) is 0 Å². The highest BCUT2D eigenvalue weighted by Crippen LogP contribution is 2.22. The Labute approximate surface area is 167 Å². The van der Waals surface area contributed by atoms with Crippen molar-refractivity contribution in [2.24, 2.45) is 0 Å². The van der Waals surface area contributed by atoms with E-state index >= 15 is 0 Å². The summed E-state index contributed by atoms with van der Waals surface area (Å²) in [5, 5.41) is 5.00. The minimum atomic E-state index is -3.52. The van der Waals surface area contributed by atoms with Crippen LogP contribution in [-0.4, -0.2) is 70.9 Å². The molecule has 1 heterocycles. The number of rotatable bonds is 8. The van der Waals surface area contributed by atoms with Crippen molar-refractivity contribution in [3.63, 3.8) is 0 Å². The summed E-state index contributed by atoms with van der Waals surface area (Å²) in [5.41, 5.74) is 1.14. The van der Waals surface area contributed by atoms with Crippen LogP contribution < -0.4 is 15.5 Å². The monoisotopic (exact) mass is 411 g/mol. The van der Waals surface area contributed by atoms with E-state index < -0.39 is 10.0 Å². The molecule has 0 bridgehead atoms. The van der Waals surface area contributed by atoms with Gasteiger partial charge >= 0.3 is 0 Å². The molecule has 0 aromatic heterocycles. The first kappa shape index (κ1) is 22.3. The number of carbonyl (C=O) groups is 2. The van der Waals surface area contributed by atoms with E-state index in [-0.39, 0.29) is 24.9 Å². The Morgan fingerprint density at radius 1 is 1.14 bits per heavy atom. The molecular formula is C19H31N4O4S+. The summed E-state index contributed by atoms with van der Waals surface area (Å²) >= 11 is 0. The number of hydrogen-bond donors (Lipinski definition) is 3. The normalized spacial score (nSPS) is 17.1. The maximum absolute atomic E-state index is 12.9. The third-order valence-electron chi connectivity index (χ3n) is 5.26. The van der Waals surface area contributed by atoms with Gasteiger partial charge in [0.2, 0.25) is 15.9 Å². The van der Waals surface area contributed by atoms with Gasteiger partial charge in [0.05, 0.1) is 37.6 Å². The van der Waals surface area contributed by atoms with E-state index in [9.17, 15) is 18.0 Å². The van der Waals surface area contributed by atoms with Crippen LogP contribution in [0.15, 0.2) is 29.2 Å². The zero-order valence-corrected chi connectivity index (χ0v) is 17.6. The number of sulfonamides is 1. The number of nitrogens with one attached hydrogen (secondary N) is 3. The summed E-state index contributed by atoms with van der Waals surface area (Å²) in [5.74, 6) is -0.0624. The first-order valence-corrected chi connectivity index (χ1v) is 11.1. The van der Waals surface area contributed by atoms with E-state index in [0.717, 1.165) is 16.9 Å². The van der Waals surface area contributed by atoms with Gasteiger partial charge in [0, 0.05) is 7.05 Å². The fourth-order valence-electron chi connectivity index (χ4n) is 3.13. The highest BCUT2D eigenvalue weighted by molar-refractivity contribution is 7.89. The van der Waals surface area contributed by atoms with Crippen molar-refractivity contribution in [2.75, 3.05) is 46.3 Å². The van der Waals surface area contributed by atoms with Gasteiger partial charge < -0.3 is 15.5 Å². The van der Waals surface area contributed by atoms with Crippen LogP contribution in [0.4, 0.5) is 0 Å². The summed E-state index contributed by atoms with van der Waals surface area (Å²) in [6.45, 7) is 6.26. The number of piperazine rings is 1. The molecule has 2 amide bonds. The van der Waals surface area contributed by atoms with E-state index in [1.165, 1.54) is 11.4 Å². The van der Waals surface area contributed by atoms with Crippen LogP contribution in [-0.2, 0) is 19.6 Å². The molecule has 1 saturated heterocycles. The molecule has 1 aromatic carbocycles. The number of benzene rings is 1. The van der Waals surface area contributed by atoms with Gasteiger partial charge in [-0.05, 0) is 30.0 Å². The zero-order valence-electron chi connectivity index (χ0n) is 16.8. The molecule has 8 nitrogen and oxygen atoms in total. The maximum atomic E-state index is 12.9. The number of carbonyl (C=O) groups excluding carboxylic acids is 2. The van der Waals surface area contributed by atoms with Crippen LogP contribution in [0.3, 0.4) is 0 Å². The van der Waals surface area contributed by atoms with Crippen molar-refractivity contribution in [1.82, 2.24) is 14.9 Å². The second-order valence-corrected chi connectivity index (χ2v) is 9.10. The lowest BCUT2D eigenvalue weighted by atomic mass is 9.99. The minimum Gasteiger partial charge on any atom is -0.358 e. The van der Waals surface area contributed by atoms with Crippen molar-refractivity contribution in [3.8, 4) is 0 Å². The highest BCUT2D eigenvalue weighted by atomic mass is 32.2. The topological polar surface area (TPSA) is 100 Å². The Bertz CT molecular complexity index is 772. The molecule has 156 valence electrons. The zero-order chi connectivity index (χ0) is 20.7. The highest BCUT2D eigenvalue weighted by Gasteiger charge is 2.31. The van der Waals surface area contributed by atoms with Gasteiger partial charge in [0.15, 0.2) is 6.54 Å². The van der Waals surface area contributed by atoms with Crippen LogP contribution in [0.2, 0.25) is 0 Å². The van der Waals surface area contributed by atoms with Crippen molar-refractivity contribution < 1.29 is 22.9 Å². The number of amides is 2. The molecule has 3 N–H and O–H groups in total. The average Bonchev–Trinajstić information content (AvgIpc) is 2.71. The van der Waals surface area contributed by atoms with Gasteiger partial charge in [-0.3, -0.25) is 9.59 Å². The Morgan fingerprint density at radius 3 is 2.29 bits per heavy atom. The van der Waals surface area contributed by atoms with E-state index in [0.29, 0.717) is 37.0 Å². The molecule has 0 aliphatic carbocycles. The Morgan fingerprint density at radius 2 is 1.75 bits per heavy atom. The number of likely N-dealkylation sites (N-methyl/N-ethyl adjacent to an activating group) is 1. The standard InChI is InChI=1S/C19H30N4O4S/c1-4-15(2)16-5-7-17(8-6-16)28(26,27)23-11-9-22(10-12-23)14-19(25)21-13-18(24)20-3/h5-8,15H,4,9-14H2,1-3H3,(H,20,24)(H,21,25)/p+1/t15-/m0/s1. The lowest BCUT2D eigenvalue weighted by Gasteiger charge is -2.31. The Balaban J connectivity index is 1.89. The van der Waals surface area contributed by atoms with Crippen molar-refractivity contribution >= 4 is 21.8 Å². The lowest BCUT2D eigenvalue weighted by molar-refractivity contribution is -0.895. The predicted octanol–water partition coefficient (Wildman–Crippen LogP) is -1.05. The fraction of sp³-hybridized carbons (Fsp3) is 0.579. The van der Waals surface area contributed by atoms with Crippen molar-refractivity contribution in [3.05, 3.63) is 29.8 Å². The maximum Gasteiger partial charge on any atom is 0.275 e. The molecule has 1 aliphatic heterocycles. The quantitative estimate of drug-likeness (QED) is 0.508. The molecule has 9 heteroatoms. The fourth-order valence-corrected chi connectivity index (χ4v) is 4.57. The number of nitrogens with zero attached hydrogens (tertiary/aromatic N) is 1. The van der Waals surface area contributed by atoms with Gasteiger partial charge in [-0.25, -0.2) is 8.42 Å². The Hall–Kier alpha value is -1.97. The molecule has 1 atom stereocenters. The third kappa shape index (κ3) is 5.76. The lowest BCUT2D eigenvalue weighted by Crippen LogP contribution is -3.15. The molecule has 0 radical (unpaired) electrons. The van der Waals surface area contributed by atoms with Crippen LogP contribution in [0.25, 0.3) is 0 Å². The SMILES string of the molecule is CC[C@H](C)c1ccc(S(=O)(=O)N2CC[NH+](CC(=O)NCC(=O)NC)CC2)cc1. The summed E-state index contributed by atoms with van der Waals surface area (Å²) in [7, 11) is -2.01. The first-order valence-electron chi connectivity index (χ1n) is 9.68. The van der Waals surface area contributed by atoms with Crippen molar-refractivity contribution in [1.29, 1.82) is 0 Å². The smallest absolute Gasteiger partial charge is 0.275 e. The molecule has 1 aromatic rings. The predicted molar refractivity (Wildman–Crippen MR) is 107 cm³/mol. The van der Waals surface area contributed by atoms with Crippen LogP contribution in [0.1, 0.15) is 31.7 Å². The molecule has 28 heavy (non-hydrogen) atoms. The second-order valence-electron chi connectivity index (χ2n) is 7.16. The average molecular weight is 412 g/mol. The van der Waals surface area contributed by atoms with E-state index in [1.54, 1.807) is 12.1 Å². The van der Waals surface area contributed by atoms with Gasteiger partial charge in [0.1, 0.15) is 0 Å². The van der Waals surface area contributed by atoms with Crippen LogP contribution in [0.5, 0.6) is 0 Å². The minimum absolute atomic E-state index is 0.0459.